The van der Waals surface area contributed by atoms with Crippen molar-refractivity contribution in [1.82, 2.24) is 15.2 Å². The first kappa shape index (κ1) is 14.8. The van der Waals surface area contributed by atoms with Gasteiger partial charge in [0.2, 0.25) is 11.6 Å². The van der Waals surface area contributed by atoms with Crippen LogP contribution in [-0.4, -0.2) is 54.4 Å². The zero-order chi connectivity index (χ0) is 14.4. The van der Waals surface area contributed by atoms with E-state index >= 15 is 0 Å². The molecule has 0 fully saturated rings. The van der Waals surface area contributed by atoms with Gasteiger partial charge in [0.25, 0.3) is 0 Å². The molecule has 0 atom stereocenters. The average Bonchev–Trinajstić information content (AvgIpc) is 2.38. The Kier molecular flexibility index (Phi) is 5.16. The fourth-order valence-corrected chi connectivity index (χ4v) is 1.19. The van der Waals surface area contributed by atoms with Gasteiger partial charge in [0.15, 0.2) is 5.69 Å². The second kappa shape index (κ2) is 6.62. The molecular formula is C11H16N4O4. The minimum absolute atomic E-state index is 0.165. The number of aromatic nitrogens is 3. The molecule has 8 heteroatoms. The van der Waals surface area contributed by atoms with Crippen LogP contribution < -0.4 is 4.90 Å². The van der Waals surface area contributed by atoms with Gasteiger partial charge in [-0.15, -0.1) is 10.2 Å². The molecule has 0 aliphatic heterocycles. The highest BCUT2D eigenvalue weighted by Crippen LogP contribution is 2.10. The molecule has 1 heterocycles. The van der Waals surface area contributed by atoms with E-state index in [0.717, 1.165) is 0 Å². The lowest BCUT2D eigenvalue weighted by molar-refractivity contribution is 0.0466. The molecule has 0 radical (unpaired) electrons. The summed E-state index contributed by atoms with van der Waals surface area (Å²) in [5, 5.41) is 7.43. The van der Waals surface area contributed by atoms with E-state index in [4.69, 9.17) is 9.47 Å². The summed E-state index contributed by atoms with van der Waals surface area (Å²) in [5.41, 5.74) is -0.440. The number of rotatable bonds is 5. The molecule has 0 aliphatic carbocycles. The fourth-order valence-electron chi connectivity index (χ4n) is 1.19. The van der Waals surface area contributed by atoms with Gasteiger partial charge in [0.1, 0.15) is 0 Å². The molecule has 0 N–H and O–H groups in total. The molecule has 0 aliphatic rings. The molecule has 8 nitrogen and oxygen atoms in total. The number of nitrogens with zero attached hydrogens (tertiary/aromatic N) is 4. The highest BCUT2D eigenvalue weighted by Gasteiger charge is 2.24. The Labute approximate surface area is 110 Å². The van der Waals surface area contributed by atoms with Crippen molar-refractivity contribution in [3.05, 3.63) is 11.4 Å². The molecule has 1 aromatic rings. The van der Waals surface area contributed by atoms with Crippen molar-refractivity contribution in [3.63, 3.8) is 0 Å². The van der Waals surface area contributed by atoms with E-state index in [-0.39, 0.29) is 30.5 Å². The van der Waals surface area contributed by atoms with Gasteiger partial charge in [-0.25, -0.2) is 14.6 Å². The third-order valence-electron chi connectivity index (χ3n) is 2.01. The molecule has 0 bridgehead atoms. The van der Waals surface area contributed by atoms with Crippen molar-refractivity contribution in [2.75, 3.05) is 32.2 Å². The van der Waals surface area contributed by atoms with E-state index in [0.29, 0.717) is 0 Å². The number of carbonyl (C=O) groups excluding carboxylic acids is 2. The molecule has 0 unspecified atom stereocenters. The summed E-state index contributed by atoms with van der Waals surface area (Å²) in [6, 6.07) is 0. The van der Waals surface area contributed by atoms with Crippen LogP contribution in [0.15, 0.2) is 0 Å². The second-order valence-electron chi connectivity index (χ2n) is 3.64. The minimum Gasteiger partial charge on any atom is -0.461 e. The maximum atomic E-state index is 11.8. The van der Waals surface area contributed by atoms with E-state index in [2.05, 4.69) is 15.2 Å². The Morgan fingerprint density at radius 1 is 1.00 bits per heavy atom. The summed E-state index contributed by atoms with van der Waals surface area (Å²) < 4.78 is 9.63. The lowest BCUT2D eigenvalue weighted by Gasteiger charge is -2.11. The van der Waals surface area contributed by atoms with E-state index in [1.54, 1.807) is 32.8 Å². The van der Waals surface area contributed by atoms with Crippen LogP contribution in [0.4, 0.5) is 5.95 Å². The largest absolute Gasteiger partial charge is 0.461 e. The van der Waals surface area contributed by atoms with Gasteiger partial charge in [-0.1, -0.05) is 0 Å². The molecular weight excluding hydrogens is 252 g/mol. The number of esters is 2. The highest BCUT2D eigenvalue weighted by atomic mass is 16.5. The highest BCUT2D eigenvalue weighted by molar-refractivity contribution is 6.00. The summed E-state index contributed by atoms with van der Waals surface area (Å²) >= 11 is 0. The first-order valence-electron chi connectivity index (χ1n) is 5.77. The van der Waals surface area contributed by atoms with Crippen LogP contribution in [0.5, 0.6) is 0 Å². The van der Waals surface area contributed by atoms with Gasteiger partial charge in [0, 0.05) is 14.1 Å². The van der Waals surface area contributed by atoms with Crippen LogP contribution in [0.25, 0.3) is 0 Å². The lowest BCUT2D eigenvalue weighted by atomic mass is 10.3. The van der Waals surface area contributed by atoms with E-state index < -0.39 is 11.9 Å². The SMILES string of the molecule is CCOC(=O)c1nnc(N(C)C)nc1C(=O)OCC. The first-order chi connectivity index (χ1) is 9.01. The number of hydrogen-bond acceptors (Lipinski definition) is 8. The summed E-state index contributed by atoms with van der Waals surface area (Å²) in [7, 11) is 3.38. The van der Waals surface area contributed by atoms with Crippen LogP contribution in [0, 0.1) is 0 Å². The molecule has 104 valence electrons. The van der Waals surface area contributed by atoms with Crippen molar-refractivity contribution in [3.8, 4) is 0 Å². The van der Waals surface area contributed by atoms with Crippen LogP contribution in [0.2, 0.25) is 0 Å². The second-order valence-corrected chi connectivity index (χ2v) is 3.64. The zero-order valence-electron chi connectivity index (χ0n) is 11.3. The van der Waals surface area contributed by atoms with Crippen molar-refractivity contribution in [1.29, 1.82) is 0 Å². The molecule has 0 spiro atoms. The van der Waals surface area contributed by atoms with Crippen LogP contribution in [0.3, 0.4) is 0 Å². The number of hydrogen-bond donors (Lipinski definition) is 0. The molecule has 0 saturated carbocycles. The van der Waals surface area contributed by atoms with Crippen LogP contribution in [0.1, 0.15) is 34.8 Å². The quantitative estimate of drug-likeness (QED) is 0.703. The van der Waals surface area contributed by atoms with Crippen molar-refractivity contribution in [2.24, 2.45) is 0 Å². The van der Waals surface area contributed by atoms with Gasteiger partial charge < -0.3 is 14.4 Å². The number of ether oxygens (including phenoxy) is 2. The molecule has 0 aromatic carbocycles. The van der Waals surface area contributed by atoms with Gasteiger partial charge in [-0.2, -0.15) is 0 Å². The molecule has 1 aromatic heterocycles. The van der Waals surface area contributed by atoms with Gasteiger partial charge in [-0.3, -0.25) is 0 Å². The molecule has 0 amide bonds. The predicted octanol–water partition coefficient (Wildman–Crippen LogP) is 0.291. The maximum absolute atomic E-state index is 11.8. The number of anilines is 1. The average molecular weight is 268 g/mol. The summed E-state index contributed by atoms with van der Waals surface area (Å²) in [4.78, 5) is 29.0. The van der Waals surface area contributed by atoms with E-state index in [1.165, 1.54) is 0 Å². The third-order valence-corrected chi connectivity index (χ3v) is 2.01. The number of carbonyl (C=O) groups is 2. The van der Waals surface area contributed by atoms with Crippen molar-refractivity contribution >= 4 is 17.9 Å². The first-order valence-corrected chi connectivity index (χ1v) is 5.77. The lowest BCUT2D eigenvalue weighted by Crippen LogP contribution is -2.22. The van der Waals surface area contributed by atoms with Gasteiger partial charge in [-0.05, 0) is 13.8 Å². The Morgan fingerprint density at radius 3 is 2.00 bits per heavy atom. The monoisotopic (exact) mass is 268 g/mol. The smallest absolute Gasteiger partial charge is 0.361 e. The van der Waals surface area contributed by atoms with E-state index in [9.17, 15) is 9.59 Å². The summed E-state index contributed by atoms with van der Waals surface area (Å²) in [5.74, 6) is -1.28. The fraction of sp³-hybridized carbons (Fsp3) is 0.545. The Balaban J connectivity index is 3.22. The molecule has 1 rings (SSSR count). The van der Waals surface area contributed by atoms with Crippen LogP contribution in [-0.2, 0) is 9.47 Å². The van der Waals surface area contributed by atoms with Crippen LogP contribution >= 0.6 is 0 Å². The Morgan fingerprint density at radius 2 is 1.53 bits per heavy atom. The van der Waals surface area contributed by atoms with Crippen molar-refractivity contribution in [2.45, 2.75) is 13.8 Å². The van der Waals surface area contributed by atoms with E-state index in [1.807, 2.05) is 0 Å². The Hall–Kier alpha value is -2.25. The normalized spacial score (nSPS) is 9.89. The minimum atomic E-state index is -0.754. The summed E-state index contributed by atoms with van der Waals surface area (Å²) in [6.45, 7) is 3.64. The topological polar surface area (TPSA) is 94.5 Å². The Bertz CT molecular complexity index is 476. The third kappa shape index (κ3) is 3.60. The molecule has 19 heavy (non-hydrogen) atoms. The van der Waals surface area contributed by atoms with Gasteiger partial charge in [0.05, 0.1) is 13.2 Å². The standard InChI is InChI=1S/C11H16N4O4/c1-5-18-9(16)7-8(10(17)19-6-2)13-14-11(12-7)15(3)4/h5-6H2,1-4H3. The summed E-state index contributed by atoms with van der Waals surface area (Å²) in [6.07, 6.45) is 0. The molecule has 0 saturated heterocycles. The zero-order valence-corrected chi connectivity index (χ0v) is 11.3. The van der Waals surface area contributed by atoms with Crippen molar-refractivity contribution < 1.29 is 19.1 Å². The maximum Gasteiger partial charge on any atom is 0.361 e. The van der Waals surface area contributed by atoms with Gasteiger partial charge >= 0.3 is 11.9 Å². The predicted molar refractivity (Wildman–Crippen MR) is 66.1 cm³/mol.